The van der Waals surface area contributed by atoms with Gasteiger partial charge in [0, 0.05) is 10.7 Å². The number of amides is 1. The molecule has 0 saturated carbocycles. The zero-order chi connectivity index (χ0) is 14.5. The Hall–Kier alpha value is -2.00. The normalized spacial score (nSPS) is 10.3. The van der Waals surface area contributed by atoms with Crippen molar-refractivity contribution in [2.75, 3.05) is 5.32 Å². The number of phenolic OH excluding ortho intramolecular Hbond substituents is 1. The van der Waals surface area contributed by atoms with Crippen molar-refractivity contribution in [3.8, 4) is 5.75 Å². The van der Waals surface area contributed by atoms with E-state index in [0.29, 0.717) is 10.7 Å². The van der Waals surface area contributed by atoms with Crippen LogP contribution in [0.4, 0.5) is 5.69 Å². The summed E-state index contributed by atoms with van der Waals surface area (Å²) in [5, 5.41) is 12.8. The molecule has 2 aromatic rings. The number of nitrogens with one attached hydrogen (secondary N) is 1. The lowest BCUT2D eigenvalue weighted by Crippen LogP contribution is -2.12. The second-order valence-corrected chi connectivity index (χ2v) is 5.00. The molecule has 1 amide bonds. The number of hydrogen-bond donors (Lipinski definition) is 2. The van der Waals surface area contributed by atoms with Crippen molar-refractivity contribution < 1.29 is 9.90 Å². The Morgan fingerprint density at radius 2 is 1.90 bits per heavy atom. The van der Waals surface area contributed by atoms with Crippen molar-refractivity contribution in [2.24, 2.45) is 0 Å². The van der Waals surface area contributed by atoms with Gasteiger partial charge in [-0.25, -0.2) is 0 Å². The lowest BCUT2D eigenvalue weighted by Gasteiger charge is -2.08. The van der Waals surface area contributed by atoms with Crippen LogP contribution < -0.4 is 5.32 Å². The molecule has 3 nitrogen and oxygen atoms in total. The number of halogens is 1. The molecule has 2 rings (SSSR count). The molecule has 0 aliphatic rings. The molecule has 0 radical (unpaired) electrons. The predicted molar refractivity (Wildman–Crippen MR) is 81.5 cm³/mol. The second kappa shape index (κ2) is 6.44. The van der Waals surface area contributed by atoms with E-state index < -0.39 is 0 Å². The Morgan fingerprint density at radius 1 is 1.20 bits per heavy atom. The fourth-order valence-electron chi connectivity index (χ4n) is 1.93. The monoisotopic (exact) mass is 289 g/mol. The van der Waals surface area contributed by atoms with Crippen LogP contribution in [0.3, 0.4) is 0 Å². The van der Waals surface area contributed by atoms with Crippen LogP contribution in [0.5, 0.6) is 5.75 Å². The van der Waals surface area contributed by atoms with Gasteiger partial charge in [-0.2, -0.15) is 0 Å². The molecular formula is C16H16ClNO2. The van der Waals surface area contributed by atoms with Crippen molar-refractivity contribution >= 4 is 23.2 Å². The summed E-state index contributed by atoms with van der Waals surface area (Å²) in [5.41, 5.74) is 2.08. The van der Waals surface area contributed by atoms with Crippen LogP contribution in [0, 0.1) is 0 Å². The third kappa shape index (κ3) is 3.52. The molecule has 2 aromatic carbocycles. The fraction of sp³-hybridized carbons (Fsp3) is 0.188. The number of benzene rings is 2. The molecule has 0 heterocycles. The maximum atomic E-state index is 12.1. The quantitative estimate of drug-likeness (QED) is 0.884. The highest BCUT2D eigenvalue weighted by Crippen LogP contribution is 2.22. The highest BCUT2D eigenvalue weighted by molar-refractivity contribution is 6.31. The number of aromatic hydroxyl groups is 1. The van der Waals surface area contributed by atoms with E-state index in [1.54, 1.807) is 0 Å². The minimum absolute atomic E-state index is 0.0884. The number of carbonyl (C=O) groups excluding carboxylic acids is 1. The Kier molecular flexibility index (Phi) is 4.64. The van der Waals surface area contributed by atoms with Crippen molar-refractivity contribution in [2.45, 2.75) is 19.8 Å². The van der Waals surface area contributed by atoms with Gasteiger partial charge in [-0.15, -0.1) is 0 Å². The zero-order valence-corrected chi connectivity index (χ0v) is 11.9. The lowest BCUT2D eigenvalue weighted by atomic mass is 10.1. The summed E-state index contributed by atoms with van der Waals surface area (Å²) in [5.74, 6) is -0.470. The highest BCUT2D eigenvalue weighted by atomic mass is 35.5. The predicted octanol–water partition coefficient (Wildman–Crippen LogP) is 4.25. The summed E-state index contributed by atoms with van der Waals surface area (Å²) in [6, 6.07) is 12.1. The number of anilines is 1. The SMILES string of the molecule is CCCc1ccc(NC(=O)c2cc(Cl)ccc2O)cc1. The third-order valence-electron chi connectivity index (χ3n) is 2.95. The van der Waals surface area contributed by atoms with Gasteiger partial charge in [0.05, 0.1) is 5.56 Å². The number of phenols is 1. The molecule has 0 bridgehead atoms. The van der Waals surface area contributed by atoms with Gasteiger partial charge in [0.25, 0.3) is 5.91 Å². The molecule has 0 fully saturated rings. The van der Waals surface area contributed by atoms with Crippen LogP contribution in [-0.4, -0.2) is 11.0 Å². The molecule has 0 saturated heterocycles. The van der Waals surface area contributed by atoms with Gasteiger partial charge in [-0.1, -0.05) is 37.1 Å². The van der Waals surface area contributed by atoms with E-state index in [0.717, 1.165) is 12.8 Å². The van der Waals surface area contributed by atoms with Crippen molar-refractivity contribution in [3.63, 3.8) is 0 Å². The average molecular weight is 290 g/mol. The molecule has 0 aliphatic carbocycles. The van der Waals surface area contributed by atoms with Crippen LogP contribution in [0.1, 0.15) is 29.3 Å². The largest absolute Gasteiger partial charge is 0.507 e. The fourth-order valence-corrected chi connectivity index (χ4v) is 2.10. The van der Waals surface area contributed by atoms with E-state index in [1.807, 2.05) is 24.3 Å². The Bertz CT molecular complexity index is 608. The molecule has 104 valence electrons. The van der Waals surface area contributed by atoms with Gasteiger partial charge in [0.15, 0.2) is 0 Å². The smallest absolute Gasteiger partial charge is 0.259 e. The van der Waals surface area contributed by atoms with Crippen LogP contribution in [0.15, 0.2) is 42.5 Å². The van der Waals surface area contributed by atoms with Gasteiger partial charge in [0.1, 0.15) is 5.75 Å². The molecule has 0 aliphatic heterocycles. The minimum atomic E-state index is -0.381. The zero-order valence-electron chi connectivity index (χ0n) is 11.2. The molecule has 2 N–H and O–H groups in total. The first-order valence-corrected chi connectivity index (χ1v) is 6.86. The molecule has 4 heteroatoms. The molecule has 0 unspecified atom stereocenters. The Balaban J connectivity index is 2.13. The summed E-state index contributed by atoms with van der Waals surface area (Å²) >= 11 is 5.83. The molecule has 0 spiro atoms. The summed E-state index contributed by atoms with van der Waals surface area (Å²) in [7, 11) is 0. The van der Waals surface area contributed by atoms with Gasteiger partial charge < -0.3 is 10.4 Å². The summed E-state index contributed by atoms with van der Waals surface area (Å²) < 4.78 is 0. The lowest BCUT2D eigenvalue weighted by molar-refractivity contribution is 0.102. The van der Waals surface area contributed by atoms with Gasteiger partial charge in [-0.3, -0.25) is 4.79 Å². The van der Waals surface area contributed by atoms with Crippen LogP contribution >= 0.6 is 11.6 Å². The molecule has 0 aromatic heterocycles. The third-order valence-corrected chi connectivity index (χ3v) is 3.19. The molecule has 20 heavy (non-hydrogen) atoms. The van der Waals surface area contributed by atoms with Crippen molar-refractivity contribution in [1.29, 1.82) is 0 Å². The average Bonchev–Trinajstić information content (AvgIpc) is 2.44. The Morgan fingerprint density at radius 3 is 2.55 bits per heavy atom. The van der Waals surface area contributed by atoms with E-state index in [-0.39, 0.29) is 17.2 Å². The van der Waals surface area contributed by atoms with E-state index in [1.165, 1.54) is 23.8 Å². The van der Waals surface area contributed by atoms with Gasteiger partial charge >= 0.3 is 0 Å². The van der Waals surface area contributed by atoms with E-state index in [2.05, 4.69) is 12.2 Å². The first-order chi connectivity index (χ1) is 9.60. The number of aryl methyl sites for hydroxylation is 1. The standard InChI is InChI=1S/C16H16ClNO2/c1-2-3-11-4-7-13(8-5-11)18-16(20)14-10-12(17)6-9-15(14)19/h4-10,19H,2-3H2,1H3,(H,18,20). The van der Waals surface area contributed by atoms with E-state index in [4.69, 9.17) is 11.6 Å². The summed E-state index contributed by atoms with van der Waals surface area (Å²) in [4.78, 5) is 12.1. The number of carbonyl (C=O) groups is 1. The van der Waals surface area contributed by atoms with Crippen LogP contribution in [0.2, 0.25) is 5.02 Å². The van der Waals surface area contributed by atoms with Crippen molar-refractivity contribution in [1.82, 2.24) is 0 Å². The van der Waals surface area contributed by atoms with Gasteiger partial charge in [-0.05, 0) is 42.3 Å². The first-order valence-electron chi connectivity index (χ1n) is 6.49. The van der Waals surface area contributed by atoms with Crippen LogP contribution in [-0.2, 0) is 6.42 Å². The van der Waals surface area contributed by atoms with E-state index >= 15 is 0 Å². The second-order valence-electron chi connectivity index (χ2n) is 4.56. The highest BCUT2D eigenvalue weighted by Gasteiger charge is 2.11. The maximum absolute atomic E-state index is 12.1. The minimum Gasteiger partial charge on any atom is -0.507 e. The Labute approximate surface area is 123 Å². The topological polar surface area (TPSA) is 49.3 Å². The van der Waals surface area contributed by atoms with Crippen LogP contribution in [0.25, 0.3) is 0 Å². The van der Waals surface area contributed by atoms with Crippen molar-refractivity contribution in [3.05, 3.63) is 58.6 Å². The summed E-state index contributed by atoms with van der Waals surface area (Å²) in [6.45, 7) is 2.12. The summed E-state index contributed by atoms with van der Waals surface area (Å²) in [6.07, 6.45) is 2.10. The maximum Gasteiger partial charge on any atom is 0.259 e. The van der Waals surface area contributed by atoms with E-state index in [9.17, 15) is 9.90 Å². The number of rotatable bonds is 4. The van der Waals surface area contributed by atoms with Gasteiger partial charge in [0.2, 0.25) is 0 Å². The number of hydrogen-bond acceptors (Lipinski definition) is 2. The molecule has 0 atom stereocenters. The molecular weight excluding hydrogens is 274 g/mol. The first kappa shape index (κ1) is 14.4.